The van der Waals surface area contributed by atoms with Crippen LogP contribution >= 0.6 is 0 Å². The number of rotatable bonds is 7. The molecule has 0 spiro atoms. The van der Waals surface area contributed by atoms with Crippen molar-refractivity contribution in [2.75, 3.05) is 0 Å². The van der Waals surface area contributed by atoms with Crippen molar-refractivity contribution in [1.82, 2.24) is 5.32 Å². The van der Waals surface area contributed by atoms with E-state index in [1.54, 1.807) is 30.3 Å². The van der Waals surface area contributed by atoms with Crippen LogP contribution in [0.3, 0.4) is 0 Å². The van der Waals surface area contributed by atoms with Gasteiger partial charge in [-0.05, 0) is 37.0 Å². The minimum atomic E-state index is -0.734. The highest BCUT2D eigenvalue weighted by molar-refractivity contribution is 5.94. The number of carbonyl (C=O) groups excluding carboxylic acids is 2. The summed E-state index contributed by atoms with van der Waals surface area (Å²) in [6.45, 7) is 5.62. The molecule has 0 heterocycles. The standard InChI is InChI=1S/C17H23NO3/c1-13(2)9-7-8-12-16(21-14(3)19)18-17(20)15-10-5-4-6-11-15/h4-6,8,10-13,16H,7,9H2,1-3H3,(H,18,20)/b12-8+. The number of allylic oxidation sites excluding steroid dienone is 1. The van der Waals surface area contributed by atoms with Crippen LogP contribution in [0, 0.1) is 5.92 Å². The van der Waals surface area contributed by atoms with Crippen LogP contribution in [-0.4, -0.2) is 18.1 Å². The van der Waals surface area contributed by atoms with Gasteiger partial charge in [-0.25, -0.2) is 0 Å². The van der Waals surface area contributed by atoms with Crippen molar-refractivity contribution in [1.29, 1.82) is 0 Å². The maximum Gasteiger partial charge on any atom is 0.304 e. The van der Waals surface area contributed by atoms with E-state index in [-0.39, 0.29) is 5.91 Å². The van der Waals surface area contributed by atoms with Crippen molar-refractivity contribution in [3.05, 3.63) is 48.0 Å². The molecule has 1 amide bonds. The molecule has 0 aliphatic carbocycles. The van der Waals surface area contributed by atoms with Crippen LogP contribution in [0.4, 0.5) is 0 Å². The molecule has 4 nitrogen and oxygen atoms in total. The minimum Gasteiger partial charge on any atom is -0.438 e. The fraction of sp³-hybridized carbons (Fsp3) is 0.412. The maximum atomic E-state index is 12.0. The first-order valence-electron chi connectivity index (χ1n) is 7.19. The summed E-state index contributed by atoms with van der Waals surface area (Å²) < 4.78 is 5.09. The third kappa shape index (κ3) is 7.30. The Kier molecular flexibility index (Phi) is 7.23. The second-order valence-corrected chi connectivity index (χ2v) is 5.27. The van der Waals surface area contributed by atoms with E-state index in [9.17, 15) is 9.59 Å². The Bertz CT molecular complexity index is 480. The van der Waals surface area contributed by atoms with Gasteiger partial charge < -0.3 is 10.1 Å². The van der Waals surface area contributed by atoms with Crippen LogP contribution in [0.1, 0.15) is 44.0 Å². The summed E-state index contributed by atoms with van der Waals surface area (Å²) in [4.78, 5) is 23.1. The molecule has 1 aromatic rings. The van der Waals surface area contributed by atoms with Crippen molar-refractivity contribution < 1.29 is 14.3 Å². The minimum absolute atomic E-state index is 0.268. The number of hydrogen-bond donors (Lipinski definition) is 1. The van der Waals surface area contributed by atoms with Gasteiger partial charge in [0.25, 0.3) is 5.91 Å². The number of benzene rings is 1. The van der Waals surface area contributed by atoms with E-state index < -0.39 is 12.2 Å². The van der Waals surface area contributed by atoms with Crippen molar-refractivity contribution in [2.24, 2.45) is 5.92 Å². The van der Waals surface area contributed by atoms with Gasteiger partial charge in [-0.3, -0.25) is 9.59 Å². The second kappa shape index (κ2) is 8.95. The second-order valence-electron chi connectivity index (χ2n) is 5.27. The molecule has 0 aliphatic rings. The number of carbonyl (C=O) groups is 2. The first-order chi connectivity index (χ1) is 9.99. The molecule has 21 heavy (non-hydrogen) atoms. The quantitative estimate of drug-likeness (QED) is 0.476. The maximum absolute atomic E-state index is 12.0. The fourth-order valence-corrected chi connectivity index (χ4v) is 1.75. The highest BCUT2D eigenvalue weighted by Gasteiger charge is 2.13. The lowest BCUT2D eigenvalue weighted by atomic mass is 10.1. The molecule has 0 saturated heterocycles. The zero-order valence-electron chi connectivity index (χ0n) is 12.8. The Morgan fingerprint density at radius 2 is 1.90 bits per heavy atom. The Hall–Kier alpha value is -2.10. The number of nitrogens with one attached hydrogen (secondary N) is 1. The summed E-state index contributed by atoms with van der Waals surface area (Å²) in [5.74, 6) is -0.0852. The molecule has 1 N–H and O–H groups in total. The zero-order valence-corrected chi connectivity index (χ0v) is 12.8. The van der Waals surface area contributed by atoms with Gasteiger partial charge in [0.05, 0.1) is 0 Å². The molecule has 0 radical (unpaired) electrons. The SMILES string of the molecule is CC(=O)OC(/C=C/CCC(C)C)NC(=O)c1ccccc1. The Balaban J connectivity index is 2.61. The summed E-state index contributed by atoms with van der Waals surface area (Å²) in [5.41, 5.74) is 0.533. The lowest BCUT2D eigenvalue weighted by Crippen LogP contribution is -2.36. The average molecular weight is 289 g/mol. The molecule has 0 aromatic heterocycles. The van der Waals surface area contributed by atoms with Crippen molar-refractivity contribution in [2.45, 2.75) is 39.8 Å². The largest absolute Gasteiger partial charge is 0.438 e. The Morgan fingerprint density at radius 1 is 1.24 bits per heavy atom. The molecule has 1 atom stereocenters. The van der Waals surface area contributed by atoms with E-state index in [1.165, 1.54) is 6.92 Å². The van der Waals surface area contributed by atoms with E-state index in [4.69, 9.17) is 4.74 Å². The number of amides is 1. The molecular formula is C17H23NO3. The molecule has 0 saturated carbocycles. The van der Waals surface area contributed by atoms with Crippen LogP contribution in [0.5, 0.6) is 0 Å². The summed E-state index contributed by atoms with van der Waals surface area (Å²) >= 11 is 0. The number of ether oxygens (including phenoxy) is 1. The van der Waals surface area contributed by atoms with Crippen molar-refractivity contribution in [3.63, 3.8) is 0 Å². The topological polar surface area (TPSA) is 55.4 Å². The van der Waals surface area contributed by atoms with Crippen LogP contribution < -0.4 is 5.32 Å². The van der Waals surface area contributed by atoms with Gasteiger partial charge in [0.1, 0.15) is 0 Å². The molecule has 4 heteroatoms. The summed E-state index contributed by atoms with van der Waals surface area (Å²) in [5, 5.41) is 2.68. The van der Waals surface area contributed by atoms with E-state index in [0.29, 0.717) is 11.5 Å². The summed E-state index contributed by atoms with van der Waals surface area (Å²) in [6.07, 6.45) is 4.85. The van der Waals surface area contributed by atoms with Crippen LogP contribution in [-0.2, 0) is 9.53 Å². The molecule has 1 aromatic carbocycles. The smallest absolute Gasteiger partial charge is 0.304 e. The predicted molar refractivity (Wildman–Crippen MR) is 82.7 cm³/mol. The Morgan fingerprint density at radius 3 is 2.48 bits per heavy atom. The number of hydrogen-bond acceptors (Lipinski definition) is 3. The molecule has 114 valence electrons. The molecule has 0 aliphatic heterocycles. The monoisotopic (exact) mass is 289 g/mol. The van der Waals surface area contributed by atoms with E-state index >= 15 is 0 Å². The molecule has 0 fully saturated rings. The predicted octanol–water partition coefficient (Wildman–Crippen LogP) is 3.30. The number of esters is 1. The van der Waals surface area contributed by atoms with Gasteiger partial charge in [0, 0.05) is 12.5 Å². The van der Waals surface area contributed by atoms with Gasteiger partial charge in [-0.1, -0.05) is 38.1 Å². The first-order valence-corrected chi connectivity index (χ1v) is 7.19. The summed E-state index contributed by atoms with van der Waals surface area (Å²) in [7, 11) is 0. The van der Waals surface area contributed by atoms with Gasteiger partial charge in [0.15, 0.2) is 6.23 Å². The average Bonchev–Trinajstić information content (AvgIpc) is 2.43. The third-order valence-electron chi connectivity index (χ3n) is 2.82. The highest BCUT2D eigenvalue weighted by atomic mass is 16.6. The van der Waals surface area contributed by atoms with E-state index in [0.717, 1.165) is 12.8 Å². The van der Waals surface area contributed by atoms with Gasteiger partial charge >= 0.3 is 5.97 Å². The zero-order chi connectivity index (χ0) is 15.7. The Labute approximate surface area is 126 Å². The molecular weight excluding hydrogens is 266 g/mol. The lowest BCUT2D eigenvalue weighted by Gasteiger charge is -2.15. The van der Waals surface area contributed by atoms with Crippen LogP contribution in [0.2, 0.25) is 0 Å². The van der Waals surface area contributed by atoms with Crippen molar-refractivity contribution in [3.8, 4) is 0 Å². The molecule has 0 bridgehead atoms. The van der Waals surface area contributed by atoms with Gasteiger partial charge in [0.2, 0.25) is 0 Å². The van der Waals surface area contributed by atoms with Crippen molar-refractivity contribution >= 4 is 11.9 Å². The van der Waals surface area contributed by atoms with Crippen LogP contribution in [0.15, 0.2) is 42.5 Å². The van der Waals surface area contributed by atoms with E-state index in [2.05, 4.69) is 19.2 Å². The molecule has 1 unspecified atom stereocenters. The highest BCUT2D eigenvalue weighted by Crippen LogP contribution is 2.05. The fourth-order valence-electron chi connectivity index (χ4n) is 1.75. The van der Waals surface area contributed by atoms with Gasteiger partial charge in [-0.15, -0.1) is 0 Å². The lowest BCUT2D eigenvalue weighted by molar-refractivity contribution is -0.144. The van der Waals surface area contributed by atoms with E-state index in [1.807, 2.05) is 12.1 Å². The van der Waals surface area contributed by atoms with Crippen LogP contribution in [0.25, 0.3) is 0 Å². The summed E-state index contributed by atoms with van der Waals surface area (Å²) in [6, 6.07) is 8.83. The third-order valence-corrected chi connectivity index (χ3v) is 2.82. The molecule has 1 rings (SSSR count). The first kappa shape index (κ1) is 17.0. The van der Waals surface area contributed by atoms with Gasteiger partial charge in [-0.2, -0.15) is 0 Å². The normalized spacial score (nSPS) is 12.4.